The van der Waals surface area contributed by atoms with E-state index in [-0.39, 0.29) is 5.97 Å². The van der Waals surface area contributed by atoms with Gasteiger partial charge in [-0.3, -0.25) is 0 Å². The molecule has 0 saturated heterocycles. The molecule has 0 radical (unpaired) electrons. The number of allylic oxidation sites excluding steroid dienone is 1. The molecule has 0 aliphatic heterocycles. The minimum Gasteiger partial charge on any atom is -0.462 e. The van der Waals surface area contributed by atoms with Crippen molar-refractivity contribution in [2.24, 2.45) is 0 Å². The molecule has 2 heteroatoms. The van der Waals surface area contributed by atoms with Crippen molar-refractivity contribution in [2.75, 3.05) is 6.61 Å². The molecule has 0 aromatic rings. The number of hydrogen-bond donors (Lipinski definition) is 0. The van der Waals surface area contributed by atoms with Gasteiger partial charge in [-0.2, -0.15) is 0 Å². The van der Waals surface area contributed by atoms with Crippen LogP contribution in [0.2, 0.25) is 0 Å². The predicted molar refractivity (Wildman–Crippen MR) is 82.2 cm³/mol. The number of unbranched alkanes of at least 4 members (excludes halogenated alkanes) is 8. The monoisotopic (exact) mass is 268 g/mol. The summed E-state index contributed by atoms with van der Waals surface area (Å²) in [5.41, 5.74) is 0.769. The molecule has 112 valence electrons. The summed E-state index contributed by atoms with van der Waals surface area (Å²) in [6, 6.07) is 0. The number of esters is 1. The van der Waals surface area contributed by atoms with Crippen LogP contribution in [0.3, 0.4) is 0 Å². The van der Waals surface area contributed by atoms with E-state index in [1.54, 1.807) is 0 Å². The summed E-state index contributed by atoms with van der Waals surface area (Å²) in [4.78, 5) is 11.6. The van der Waals surface area contributed by atoms with E-state index in [0.717, 1.165) is 31.3 Å². The summed E-state index contributed by atoms with van der Waals surface area (Å²) < 4.78 is 5.21. The van der Waals surface area contributed by atoms with Crippen LogP contribution < -0.4 is 0 Å². The van der Waals surface area contributed by atoms with Crippen LogP contribution in [-0.2, 0) is 9.53 Å². The lowest BCUT2D eigenvalue weighted by molar-refractivity contribution is -0.139. The summed E-state index contributed by atoms with van der Waals surface area (Å²) in [5.74, 6) is -0.137. The predicted octanol–water partition coefficient (Wildman–Crippen LogP) is 5.42. The average Bonchev–Trinajstić information content (AvgIpc) is 2.42. The average molecular weight is 268 g/mol. The van der Waals surface area contributed by atoms with Gasteiger partial charge in [0.2, 0.25) is 0 Å². The van der Waals surface area contributed by atoms with Crippen molar-refractivity contribution in [1.29, 1.82) is 0 Å². The first-order chi connectivity index (χ1) is 9.22. The topological polar surface area (TPSA) is 26.3 Å². The molecule has 0 spiro atoms. The normalized spacial score (nSPS) is 11.6. The molecule has 0 bridgehead atoms. The molecule has 0 aliphatic rings. The molecule has 0 saturated carbocycles. The Kier molecular flexibility index (Phi) is 13.1. The number of ether oxygens (including phenoxy) is 1. The highest BCUT2D eigenvalue weighted by atomic mass is 16.5. The van der Waals surface area contributed by atoms with Gasteiger partial charge in [0.25, 0.3) is 0 Å². The quantitative estimate of drug-likeness (QED) is 0.268. The van der Waals surface area contributed by atoms with Crippen molar-refractivity contribution >= 4 is 5.97 Å². The van der Waals surface area contributed by atoms with E-state index < -0.39 is 0 Å². The fraction of sp³-hybridized carbons (Fsp3) is 0.824. The van der Waals surface area contributed by atoms with Gasteiger partial charge in [-0.15, -0.1) is 0 Å². The Bertz CT molecular complexity index is 244. The molecule has 0 fully saturated rings. The number of hydrogen-bond acceptors (Lipinski definition) is 2. The Labute approximate surface area is 119 Å². The van der Waals surface area contributed by atoms with Gasteiger partial charge in [0.1, 0.15) is 0 Å². The van der Waals surface area contributed by atoms with Crippen LogP contribution in [-0.4, -0.2) is 12.6 Å². The number of rotatable bonds is 12. The SMILES string of the molecule is CCCCCCCCC=C(C)C(=O)OCCCCC. The Morgan fingerprint density at radius 1 is 0.895 bits per heavy atom. The van der Waals surface area contributed by atoms with Gasteiger partial charge in [0.05, 0.1) is 6.61 Å². The first-order valence-electron chi connectivity index (χ1n) is 8.06. The second kappa shape index (κ2) is 13.6. The Morgan fingerprint density at radius 2 is 1.47 bits per heavy atom. The molecule has 0 amide bonds. The van der Waals surface area contributed by atoms with Crippen molar-refractivity contribution in [1.82, 2.24) is 0 Å². The molecule has 0 heterocycles. The van der Waals surface area contributed by atoms with E-state index in [1.165, 1.54) is 38.5 Å². The van der Waals surface area contributed by atoms with Crippen molar-refractivity contribution in [3.8, 4) is 0 Å². The van der Waals surface area contributed by atoms with E-state index >= 15 is 0 Å². The van der Waals surface area contributed by atoms with Crippen LogP contribution in [0.15, 0.2) is 11.6 Å². The van der Waals surface area contributed by atoms with Crippen LogP contribution >= 0.6 is 0 Å². The second-order valence-corrected chi connectivity index (χ2v) is 5.29. The smallest absolute Gasteiger partial charge is 0.333 e. The maximum Gasteiger partial charge on any atom is 0.333 e. The third-order valence-corrected chi connectivity index (χ3v) is 3.31. The summed E-state index contributed by atoms with van der Waals surface area (Å²) >= 11 is 0. The minimum atomic E-state index is -0.137. The summed E-state index contributed by atoms with van der Waals surface area (Å²) in [7, 11) is 0. The number of carbonyl (C=O) groups is 1. The van der Waals surface area contributed by atoms with Crippen molar-refractivity contribution in [2.45, 2.75) is 85.0 Å². The molecular weight excluding hydrogens is 236 g/mol. The van der Waals surface area contributed by atoms with E-state index in [9.17, 15) is 4.79 Å². The van der Waals surface area contributed by atoms with Gasteiger partial charge in [0, 0.05) is 5.57 Å². The van der Waals surface area contributed by atoms with Gasteiger partial charge in [-0.25, -0.2) is 4.79 Å². The lowest BCUT2D eigenvalue weighted by Crippen LogP contribution is -2.07. The second-order valence-electron chi connectivity index (χ2n) is 5.29. The van der Waals surface area contributed by atoms with Crippen molar-refractivity contribution in [3.63, 3.8) is 0 Å². The molecule has 0 rings (SSSR count). The molecule has 0 aliphatic carbocycles. The lowest BCUT2D eigenvalue weighted by atomic mass is 10.1. The molecule has 0 aromatic carbocycles. The molecule has 0 atom stereocenters. The minimum absolute atomic E-state index is 0.137. The van der Waals surface area contributed by atoms with Crippen LogP contribution in [0.1, 0.15) is 85.0 Å². The van der Waals surface area contributed by atoms with E-state index in [0.29, 0.717) is 6.61 Å². The zero-order valence-corrected chi connectivity index (χ0v) is 13.2. The molecular formula is C17H32O2. The van der Waals surface area contributed by atoms with Crippen LogP contribution in [0.5, 0.6) is 0 Å². The highest BCUT2D eigenvalue weighted by Crippen LogP contribution is 2.09. The van der Waals surface area contributed by atoms with Gasteiger partial charge in [-0.1, -0.05) is 64.9 Å². The highest BCUT2D eigenvalue weighted by molar-refractivity contribution is 5.87. The molecule has 19 heavy (non-hydrogen) atoms. The van der Waals surface area contributed by atoms with Crippen LogP contribution in [0, 0.1) is 0 Å². The first kappa shape index (κ1) is 18.2. The van der Waals surface area contributed by atoms with Crippen molar-refractivity contribution < 1.29 is 9.53 Å². The van der Waals surface area contributed by atoms with Gasteiger partial charge in [-0.05, 0) is 26.2 Å². The molecule has 0 unspecified atom stereocenters. The first-order valence-corrected chi connectivity index (χ1v) is 8.06. The van der Waals surface area contributed by atoms with Crippen LogP contribution in [0.4, 0.5) is 0 Å². The third kappa shape index (κ3) is 12.0. The standard InChI is InChI=1S/C17H32O2/c1-4-6-8-9-10-11-12-14-16(3)17(18)19-15-13-7-5-2/h14H,4-13,15H2,1-3H3. The zero-order valence-electron chi connectivity index (χ0n) is 13.2. The zero-order chi connectivity index (χ0) is 14.3. The highest BCUT2D eigenvalue weighted by Gasteiger charge is 2.04. The molecule has 0 N–H and O–H groups in total. The Balaban J connectivity index is 3.54. The van der Waals surface area contributed by atoms with E-state index in [2.05, 4.69) is 13.8 Å². The summed E-state index contributed by atoms with van der Waals surface area (Å²) in [6.07, 6.45) is 14.1. The van der Waals surface area contributed by atoms with Gasteiger partial charge >= 0.3 is 5.97 Å². The van der Waals surface area contributed by atoms with Gasteiger partial charge in [0.15, 0.2) is 0 Å². The Morgan fingerprint density at radius 3 is 2.16 bits per heavy atom. The molecule has 2 nitrogen and oxygen atoms in total. The maximum atomic E-state index is 11.6. The van der Waals surface area contributed by atoms with Crippen LogP contribution in [0.25, 0.3) is 0 Å². The third-order valence-electron chi connectivity index (χ3n) is 3.31. The largest absolute Gasteiger partial charge is 0.462 e. The number of carbonyl (C=O) groups excluding carboxylic acids is 1. The summed E-state index contributed by atoms with van der Waals surface area (Å²) in [6.45, 7) is 6.81. The van der Waals surface area contributed by atoms with E-state index in [4.69, 9.17) is 4.74 Å². The maximum absolute atomic E-state index is 11.6. The van der Waals surface area contributed by atoms with Gasteiger partial charge < -0.3 is 4.74 Å². The van der Waals surface area contributed by atoms with E-state index in [1.807, 2.05) is 13.0 Å². The fourth-order valence-electron chi connectivity index (χ4n) is 1.96. The molecule has 0 aromatic heterocycles. The lowest BCUT2D eigenvalue weighted by Gasteiger charge is -2.04. The van der Waals surface area contributed by atoms with Crippen molar-refractivity contribution in [3.05, 3.63) is 11.6 Å². The summed E-state index contributed by atoms with van der Waals surface area (Å²) in [5, 5.41) is 0. The fourth-order valence-corrected chi connectivity index (χ4v) is 1.96. The Hall–Kier alpha value is -0.790.